The molecule has 0 fully saturated rings. The van der Waals surface area contributed by atoms with Crippen LogP contribution < -0.4 is 5.32 Å². The maximum Gasteiger partial charge on any atom is 0.356 e. The van der Waals surface area contributed by atoms with Crippen LogP contribution in [0.3, 0.4) is 0 Å². The third kappa shape index (κ3) is 2.73. The number of carboxylic acids is 1. The van der Waals surface area contributed by atoms with Gasteiger partial charge in [0.05, 0.1) is 5.56 Å². The molecule has 0 aliphatic heterocycles. The summed E-state index contributed by atoms with van der Waals surface area (Å²) in [6.07, 6.45) is 2.43. The normalized spacial score (nSPS) is 9.95. The molecule has 0 aliphatic rings. The number of anilines is 1. The summed E-state index contributed by atoms with van der Waals surface area (Å²) in [4.78, 5) is 31.4. The topological polar surface area (TPSA) is 116 Å². The van der Waals surface area contributed by atoms with Crippen LogP contribution in [0.15, 0.2) is 12.4 Å². The van der Waals surface area contributed by atoms with Gasteiger partial charge < -0.3 is 10.4 Å². The number of nitrogens with zero attached hydrogens (tertiary/aromatic N) is 3. The van der Waals surface area contributed by atoms with E-state index in [4.69, 9.17) is 10.4 Å². The van der Waals surface area contributed by atoms with Gasteiger partial charge in [-0.25, -0.2) is 14.8 Å². The van der Waals surface area contributed by atoms with E-state index in [1.165, 1.54) is 23.7 Å². The van der Waals surface area contributed by atoms with E-state index in [0.29, 0.717) is 10.6 Å². The van der Waals surface area contributed by atoms with Crippen molar-refractivity contribution in [1.29, 1.82) is 5.26 Å². The van der Waals surface area contributed by atoms with Gasteiger partial charge in [0.2, 0.25) is 0 Å². The Bertz CT molecular complexity index is 776. The second kappa shape index (κ2) is 5.68. The first kappa shape index (κ1) is 14.6. The van der Waals surface area contributed by atoms with Crippen molar-refractivity contribution in [2.24, 2.45) is 0 Å². The Balaban J connectivity index is 2.38. The second-order valence-corrected chi connectivity index (χ2v) is 5.34. The van der Waals surface area contributed by atoms with Gasteiger partial charge in [-0.1, -0.05) is 0 Å². The highest BCUT2D eigenvalue weighted by Gasteiger charge is 2.22. The first-order valence-electron chi connectivity index (χ1n) is 5.81. The van der Waals surface area contributed by atoms with Gasteiger partial charge in [0, 0.05) is 17.3 Å². The minimum Gasteiger partial charge on any atom is -0.476 e. The molecule has 0 spiro atoms. The molecule has 0 saturated heterocycles. The summed E-state index contributed by atoms with van der Waals surface area (Å²) >= 11 is 1.25. The molecule has 0 aromatic carbocycles. The monoisotopic (exact) mass is 302 g/mol. The number of carbonyl (C=O) groups is 2. The summed E-state index contributed by atoms with van der Waals surface area (Å²) < 4.78 is 0. The number of aromatic carboxylic acids is 1. The number of amides is 1. The third-order valence-electron chi connectivity index (χ3n) is 2.84. The predicted molar refractivity (Wildman–Crippen MR) is 75.5 cm³/mol. The lowest BCUT2D eigenvalue weighted by molar-refractivity contribution is 0.0685. The average Bonchev–Trinajstić information content (AvgIpc) is 2.73. The molecule has 2 heterocycles. The van der Waals surface area contributed by atoms with Crippen molar-refractivity contribution in [3.8, 4) is 6.07 Å². The first-order valence-corrected chi connectivity index (χ1v) is 6.63. The highest BCUT2D eigenvalue weighted by atomic mass is 32.1. The van der Waals surface area contributed by atoms with Crippen LogP contribution in [-0.2, 0) is 0 Å². The van der Waals surface area contributed by atoms with E-state index >= 15 is 0 Å². The molecule has 1 amide bonds. The van der Waals surface area contributed by atoms with Crippen molar-refractivity contribution in [2.45, 2.75) is 13.8 Å². The molecule has 0 unspecified atom stereocenters. The van der Waals surface area contributed by atoms with Crippen LogP contribution in [0.4, 0.5) is 5.00 Å². The number of rotatable bonds is 3. The number of aryl methyl sites for hydroxylation is 1. The zero-order chi connectivity index (χ0) is 15.6. The number of aromatic nitrogens is 2. The largest absolute Gasteiger partial charge is 0.476 e. The molecule has 0 atom stereocenters. The Morgan fingerprint density at radius 1 is 1.29 bits per heavy atom. The average molecular weight is 302 g/mol. The Hall–Kier alpha value is -2.79. The Morgan fingerprint density at radius 3 is 2.48 bits per heavy atom. The summed E-state index contributed by atoms with van der Waals surface area (Å²) in [6.45, 7) is 3.62. The van der Waals surface area contributed by atoms with Crippen LogP contribution in [0, 0.1) is 25.2 Å². The molecule has 8 heteroatoms. The fourth-order valence-electron chi connectivity index (χ4n) is 1.67. The van der Waals surface area contributed by atoms with Crippen molar-refractivity contribution in [3.63, 3.8) is 0 Å². The van der Waals surface area contributed by atoms with E-state index in [-0.39, 0.29) is 5.69 Å². The lowest BCUT2D eigenvalue weighted by atomic mass is 10.2. The number of nitrogens with one attached hydrogen (secondary N) is 1. The minimum atomic E-state index is -1.34. The van der Waals surface area contributed by atoms with E-state index in [1.807, 2.05) is 13.0 Å². The van der Waals surface area contributed by atoms with E-state index < -0.39 is 17.6 Å². The summed E-state index contributed by atoms with van der Waals surface area (Å²) in [7, 11) is 0. The smallest absolute Gasteiger partial charge is 0.356 e. The molecule has 0 saturated carbocycles. The number of nitriles is 1. The number of hydrogen-bond acceptors (Lipinski definition) is 6. The van der Waals surface area contributed by atoms with Gasteiger partial charge in [0.25, 0.3) is 5.91 Å². The molecule has 0 radical (unpaired) electrons. The molecule has 2 rings (SSSR count). The quantitative estimate of drug-likeness (QED) is 0.895. The third-order valence-corrected chi connectivity index (χ3v) is 3.96. The SMILES string of the molecule is Cc1sc(NC(=O)c2nccnc2C(=O)O)c(C#N)c1C. The summed E-state index contributed by atoms with van der Waals surface area (Å²) in [5, 5.41) is 21.0. The standard InChI is InChI=1S/C13H10N4O3S/c1-6-7(2)21-12(8(6)5-14)17-11(18)9-10(13(19)20)16-4-3-15-9/h3-4H,1-2H3,(H,17,18)(H,19,20). The maximum absolute atomic E-state index is 12.1. The van der Waals surface area contributed by atoms with Crippen molar-refractivity contribution in [3.05, 3.63) is 39.8 Å². The van der Waals surface area contributed by atoms with Crippen molar-refractivity contribution < 1.29 is 14.7 Å². The van der Waals surface area contributed by atoms with Gasteiger partial charge in [-0.15, -0.1) is 11.3 Å². The highest BCUT2D eigenvalue weighted by Crippen LogP contribution is 2.31. The fourth-order valence-corrected chi connectivity index (χ4v) is 2.68. The van der Waals surface area contributed by atoms with Crippen LogP contribution >= 0.6 is 11.3 Å². The molecule has 21 heavy (non-hydrogen) atoms. The molecule has 2 aromatic heterocycles. The Kier molecular flexibility index (Phi) is 3.95. The van der Waals surface area contributed by atoms with Crippen LogP contribution in [0.25, 0.3) is 0 Å². The van der Waals surface area contributed by atoms with Crippen LogP contribution in [0.5, 0.6) is 0 Å². The summed E-state index contributed by atoms with van der Waals surface area (Å²) in [5.41, 5.74) is 0.429. The number of hydrogen-bond donors (Lipinski definition) is 2. The minimum absolute atomic E-state index is 0.294. The lowest BCUT2D eigenvalue weighted by Crippen LogP contribution is -2.19. The van der Waals surface area contributed by atoms with Crippen LogP contribution in [-0.4, -0.2) is 27.0 Å². The molecular formula is C13H10N4O3S. The zero-order valence-electron chi connectivity index (χ0n) is 11.2. The molecule has 2 N–H and O–H groups in total. The first-order chi connectivity index (χ1) is 9.95. The predicted octanol–water partition coefficient (Wildman–Crippen LogP) is 1.98. The number of carboxylic acid groups (broad SMARTS) is 1. The molecule has 7 nitrogen and oxygen atoms in total. The molecule has 0 bridgehead atoms. The van der Waals surface area contributed by atoms with Gasteiger partial charge in [-0.2, -0.15) is 5.26 Å². The second-order valence-electron chi connectivity index (χ2n) is 4.11. The fraction of sp³-hybridized carbons (Fsp3) is 0.154. The van der Waals surface area contributed by atoms with Crippen molar-refractivity contribution in [1.82, 2.24) is 9.97 Å². The molecule has 106 valence electrons. The van der Waals surface area contributed by atoms with Crippen LogP contribution in [0.1, 0.15) is 37.0 Å². The molecular weight excluding hydrogens is 292 g/mol. The Morgan fingerprint density at radius 2 is 1.90 bits per heavy atom. The van der Waals surface area contributed by atoms with E-state index in [9.17, 15) is 9.59 Å². The summed E-state index contributed by atoms with van der Waals surface area (Å²) in [6, 6.07) is 2.02. The molecule has 0 aliphatic carbocycles. The van der Waals surface area contributed by atoms with Crippen LogP contribution in [0.2, 0.25) is 0 Å². The maximum atomic E-state index is 12.1. The van der Waals surface area contributed by atoms with Gasteiger partial charge >= 0.3 is 5.97 Å². The van der Waals surface area contributed by atoms with E-state index in [1.54, 1.807) is 6.92 Å². The van der Waals surface area contributed by atoms with Gasteiger partial charge in [-0.05, 0) is 19.4 Å². The number of thiophene rings is 1. The Labute approximate surface area is 123 Å². The summed E-state index contributed by atoms with van der Waals surface area (Å²) in [5.74, 6) is -2.05. The van der Waals surface area contributed by atoms with Gasteiger partial charge in [0.1, 0.15) is 11.1 Å². The highest BCUT2D eigenvalue weighted by molar-refractivity contribution is 7.16. The van der Waals surface area contributed by atoms with Gasteiger partial charge in [0.15, 0.2) is 11.4 Å². The van der Waals surface area contributed by atoms with E-state index in [2.05, 4.69) is 15.3 Å². The number of carbonyl (C=O) groups excluding carboxylic acids is 1. The van der Waals surface area contributed by atoms with Gasteiger partial charge in [-0.3, -0.25) is 4.79 Å². The molecule has 2 aromatic rings. The van der Waals surface area contributed by atoms with Crippen molar-refractivity contribution in [2.75, 3.05) is 5.32 Å². The zero-order valence-corrected chi connectivity index (χ0v) is 12.0. The van der Waals surface area contributed by atoms with Crippen molar-refractivity contribution >= 4 is 28.2 Å². The lowest BCUT2D eigenvalue weighted by Gasteiger charge is -2.04. The van der Waals surface area contributed by atoms with E-state index in [0.717, 1.165) is 10.4 Å².